The number of nitrogens with zero attached hydrogens (tertiary/aromatic N) is 3. The second-order valence-electron chi connectivity index (χ2n) is 5.29. The van der Waals surface area contributed by atoms with Crippen LogP contribution in [-0.2, 0) is 25.7 Å². The monoisotopic (exact) mass is 304 g/mol. The molecule has 2 rings (SSSR count). The van der Waals surface area contributed by atoms with Crippen molar-refractivity contribution in [3.05, 3.63) is 17.2 Å². The summed E-state index contributed by atoms with van der Waals surface area (Å²) in [5, 5.41) is 3.07. The zero-order valence-electron chi connectivity index (χ0n) is 12.6. The van der Waals surface area contributed by atoms with Crippen LogP contribution in [0.25, 0.3) is 0 Å². The maximum atomic E-state index is 13.1. The number of hydrogen-bond acceptors (Lipinski definition) is 3. The molecule has 1 aromatic heterocycles. The van der Waals surface area contributed by atoms with Crippen molar-refractivity contribution in [1.82, 2.24) is 19.8 Å². The highest BCUT2D eigenvalue weighted by molar-refractivity contribution is 5.21. The van der Waals surface area contributed by atoms with Crippen LogP contribution in [0.3, 0.4) is 0 Å². The van der Waals surface area contributed by atoms with E-state index in [1.807, 2.05) is 0 Å². The Labute approximate surface area is 123 Å². The molecule has 4 nitrogen and oxygen atoms in total. The van der Waals surface area contributed by atoms with Gasteiger partial charge in [0, 0.05) is 31.7 Å². The molecule has 0 spiro atoms. The summed E-state index contributed by atoms with van der Waals surface area (Å²) in [6.45, 7) is 8.32. The topological polar surface area (TPSA) is 33.1 Å². The first-order valence-electron chi connectivity index (χ1n) is 7.55. The van der Waals surface area contributed by atoms with E-state index in [0.717, 1.165) is 25.3 Å². The number of rotatable bonds is 6. The van der Waals surface area contributed by atoms with Crippen molar-refractivity contribution in [1.29, 1.82) is 0 Å². The molecule has 1 aromatic rings. The fourth-order valence-corrected chi connectivity index (χ4v) is 2.82. The molecule has 0 atom stereocenters. The molecule has 0 amide bonds. The van der Waals surface area contributed by atoms with E-state index in [4.69, 9.17) is 0 Å². The van der Waals surface area contributed by atoms with Gasteiger partial charge in [0.2, 0.25) is 5.82 Å². The van der Waals surface area contributed by atoms with Crippen molar-refractivity contribution in [3.8, 4) is 0 Å². The summed E-state index contributed by atoms with van der Waals surface area (Å²) in [6, 6.07) is 0. The number of aromatic nitrogens is 2. The normalized spacial score (nSPS) is 15.5. The third-order valence-electron chi connectivity index (χ3n) is 3.99. The van der Waals surface area contributed by atoms with Gasteiger partial charge in [-0.25, -0.2) is 4.98 Å². The van der Waals surface area contributed by atoms with Gasteiger partial charge in [-0.05, 0) is 26.1 Å². The van der Waals surface area contributed by atoms with Crippen LogP contribution in [0.15, 0.2) is 0 Å². The van der Waals surface area contributed by atoms with Crippen LogP contribution in [0.4, 0.5) is 13.2 Å². The average Bonchev–Trinajstić information content (AvgIpc) is 2.83. The summed E-state index contributed by atoms with van der Waals surface area (Å²) < 4.78 is 40.8. The number of fused-ring (bicyclic) bond motifs is 1. The molecule has 21 heavy (non-hydrogen) atoms. The van der Waals surface area contributed by atoms with Crippen molar-refractivity contribution in [2.45, 2.75) is 46.0 Å². The molecule has 0 saturated heterocycles. The van der Waals surface area contributed by atoms with Gasteiger partial charge in [0.25, 0.3) is 0 Å². The lowest BCUT2D eigenvalue weighted by Gasteiger charge is -2.20. The smallest absolute Gasteiger partial charge is 0.324 e. The highest BCUT2D eigenvalue weighted by Gasteiger charge is 2.39. The summed E-state index contributed by atoms with van der Waals surface area (Å²) in [5.74, 6) is -0.740. The molecule has 0 unspecified atom stereocenters. The highest BCUT2D eigenvalue weighted by atomic mass is 19.4. The molecule has 0 aliphatic carbocycles. The van der Waals surface area contributed by atoms with E-state index in [1.165, 1.54) is 4.57 Å². The standard InChI is InChI=1S/C14H23F3N4/c1-3-20(4-2)8-5-9-21-12-6-7-18-10-11(12)19-13(21)14(15,16)17/h18H,3-10H2,1-2H3. The van der Waals surface area contributed by atoms with Gasteiger partial charge in [-0.1, -0.05) is 13.8 Å². The van der Waals surface area contributed by atoms with Crippen LogP contribution >= 0.6 is 0 Å². The predicted molar refractivity (Wildman–Crippen MR) is 75.0 cm³/mol. The molecule has 0 aromatic carbocycles. The third-order valence-corrected chi connectivity index (χ3v) is 3.99. The van der Waals surface area contributed by atoms with Crippen LogP contribution in [0, 0.1) is 0 Å². The molecular formula is C14H23F3N4. The number of alkyl halides is 3. The van der Waals surface area contributed by atoms with Crippen LogP contribution < -0.4 is 5.32 Å². The lowest BCUT2D eigenvalue weighted by Crippen LogP contribution is -2.27. The van der Waals surface area contributed by atoms with Crippen molar-refractivity contribution in [2.75, 3.05) is 26.2 Å². The van der Waals surface area contributed by atoms with Crippen molar-refractivity contribution < 1.29 is 13.2 Å². The van der Waals surface area contributed by atoms with E-state index < -0.39 is 12.0 Å². The predicted octanol–water partition coefficient (Wildman–Crippen LogP) is 2.28. The Balaban J connectivity index is 2.15. The van der Waals surface area contributed by atoms with E-state index >= 15 is 0 Å². The molecule has 1 aliphatic rings. The largest absolute Gasteiger partial charge is 0.449 e. The van der Waals surface area contributed by atoms with E-state index in [1.54, 1.807) is 0 Å². The summed E-state index contributed by atoms with van der Waals surface area (Å²) >= 11 is 0. The fraction of sp³-hybridized carbons (Fsp3) is 0.786. The molecule has 0 saturated carbocycles. The van der Waals surface area contributed by atoms with Crippen molar-refractivity contribution >= 4 is 0 Å². The van der Waals surface area contributed by atoms with Gasteiger partial charge >= 0.3 is 6.18 Å². The van der Waals surface area contributed by atoms with Gasteiger partial charge in [0.15, 0.2) is 0 Å². The van der Waals surface area contributed by atoms with Crippen LogP contribution in [0.5, 0.6) is 0 Å². The van der Waals surface area contributed by atoms with Crippen LogP contribution in [-0.4, -0.2) is 40.6 Å². The van der Waals surface area contributed by atoms with Gasteiger partial charge in [-0.15, -0.1) is 0 Å². The third kappa shape index (κ3) is 3.77. The molecule has 120 valence electrons. The number of imidazole rings is 1. The molecule has 0 radical (unpaired) electrons. The van der Waals surface area contributed by atoms with Gasteiger partial charge in [0.1, 0.15) is 0 Å². The average molecular weight is 304 g/mol. The molecule has 7 heteroatoms. The number of nitrogens with one attached hydrogen (secondary N) is 1. The number of hydrogen-bond donors (Lipinski definition) is 1. The first-order chi connectivity index (χ1) is 9.97. The van der Waals surface area contributed by atoms with E-state index in [0.29, 0.717) is 38.2 Å². The second-order valence-corrected chi connectivity index (χ2v) is 5.29. The maximum absolute atomic E-state index is 13.1. The van der Waals surface area contributed by atoms with E-state index in [-0.39, 0.29) is 0 Å². The zero-order chi connectivity index (χ0) is 15.5. The minimum absolute atomic E-state index is 0.383. The Hall–Kier alpha value is -1.08. The van der Waals surface area contributed by atoms with Crippen LogP contribution in [0.1, 0.15) is 37.5 Å². The van der Waals surface area contributed by atoms with E-state index in [9.17, 15) is 13.2 Å². The molecule has 0 fully saturated rings. The first-order valence-corrected chi connectivity index (χ1v) is 7.55. The van der Waals surface area contributed by atoms with Crippen LogP contribution in [0.2, 0.25) is 0 Å². The lowest BCUT2D eigenvalue weighted by atomic mass is 10.2. The SMILES string of the molecule is CCN(CC)CCCn1c(C(F)(F)F)nc2c1CCNC2. The quantitative estimate of drug-likeness (QED) is 0.875. The van der Waals surface area contributed by atoms with Gasteiger partial charge < -0.3 is 14.8 Å². The Morgan fingerprint density at radius 3 is 2.62 bits per heavy atom. The van der Waals surface area contributed by atoms with Gasteiger partial charge in [-0.3, -0.25) is 0 Å². The molecule has 0 bridgehead atoms. The number of halogens is 3. The minimum Gasteiger partial charge on any atom is -0.324 e. The van der Waals surface area contributed by atoms with Crippen molar-refractivity contribution in [2.24, 2.45) is 0 Å². The first kappa shape index (κ1) is 16.3. The molecular weight excluding hydrogens is 281 g/mol. The summed E-state index contributed by atoms with van der Waals surface area (Å²) in [5.41, 5.74) is 1.30. The fourth-order valence-electron chi connectivity index (χ4n) is 2.82. The molecule has 2 heterocycles. The van der Waals surface area contributed by atoms with Crippen molar-refractivity contribution in [3.63, 3.8) is 0 Å². The summed E-state index contributed by atoms with van der Waals surface area (Å²) in [7, 11) is 0. The highest BCUT2D eigenvalue weighted by Crippen LogP contribution is 2.31. The Kier molecular flexibility index (Phi) is 5.27. The Morgan fingerprint density at radius 2 is 2.00 bits per heavy atom. The summed E-state index contributed by atoms with van der Waals surface area (Å²) in [6.07, 6.45) is -3.06. The zero-order valence-corrected chi connectivity index (χ0v) is 12.6. The Bertz CT molecular complexity index is 464. The maximum Gasteiger partial charge on any atom is 0.449 e. The lowest BCUT2D eigenvalue weighted by molar-refractivity contribution is -0.147. The van der Waals surface area contributed by atoms with Gasteiger partial charge in [0.05, 0.1) is 5.69 Å². The summed E-state index contributed by atoms with van der Waals surface area (Å²) in [4.78, 5) is 6.04. The molecule has 1 aliphatic heterocycles. The van der Waals surface area contributed by atoms with Gasteiger partial charge in [-0.2, -0.15) is 13.2 Å². The minimum atomic E-state index is -4.38. The second kappa shape index (κ2) is 6.79. The van der Waals surface area contributed by atoms with E-state index in [2.05, 4.69) is 29.0 Å². The Morgan fingerprint density at radius 1 is 1.29 bits per heavy atom. The molecule has 1 N–H and O–H groups in total.